The molecular formula is C11H23N. The van der Waals surface area contributed by atoms with Crippen molar-refractivity contribution < 1.29 is 0 Å². The van der Waals surface area contributed by atoms with Crippen molar-refractivity contribution in [3.63, 3.8) is 0 Å². The zero-order valence-electron chi connectivity index (χ0n) is 8.93. The van der Waals surface area contributed by atoms with Gasteiger partial charge in [-0.1, -0.05) is 34.1 Å². The first-order valence-corrected chi connectivity index (χ1v) is 5.08. The lowest BCUT2D eigenvalue weighted by Crippen LogP contribution is -2.09. The van der Waals surface area contributed by atoms with Gasteiger partial charge in [0.25, 0.3) is 0 Å². The van der Waals surface area contributed by atoms with Gasteiger partial charge in [-0.15, -0.1) is 0 Å². The summed E-state index contributed by atoms with van der Waals surface area (Å²) in [6, 6.07) is 0. The Morgan fingerprint density at radius 1 is 1.25 bits per heavy atom. The van der Waals surface area contributed by atoms with Gasteiger partial charge in [0.2, 0.25) is 0 Å². The summed E-state index contributed by atoms with van der Waals surface area (Å²) in [4.78, 5) is 0. The van der Waals surface area contributed by atoms with E-state index in [1.54, 1.807) is 0 Å². The number of hydrogen-bond acceptors (Lipinski definition) is 1. The third kappa shape index (κ3) is 3.29. The fourth-order valence-corrected chi connectivity index (χ4v) is 1.65. The van der Waals surface area contributed by atoms with Crippen molar-refractivity contribution in [1.29, 1.82) is 0 Å². The first-order valence-electron chi connectivity index (χ1n) is 5.08. The first-order chi connectivity index (χ1) is 5.67. The molecule has 0 saturated carbocycles. The summed E-state index contributed by atoms with van der Waals surface area (Å²) in [7, 11) is 0. The Labute approximate surface area is 77.0 Å². The van der Waals surface area contributed by atoms with Crippen LogP contribution in [-0.2, 0) is 0 Å². The fraction of sp³-hybridized carbons (Fsp3) is 0.818. The van der Waals surface area contributed by atoms with E-state index < -0.39 is 0 Å². The van der Waals surface area contributed by atoms with Crippen LogP contribution in [0.5, 0.6) is 0 Å². The molecule has 2 N–H and O–H groups in total. The minimum absolute atomic E-state index is 0.650. The smallest absolute Gasteiger partial charge is 0.00650 e. The van der Waals surface area contributed by atoms with Crippen molar-refractivity contribution in [1.82, 2.24) is 0 Å². The molecule has 0 heterocycles. The van der Waals surface area contributed by atoms with Crippen molar-refractivity contribution in [2.75, 3.05) is 0 Å². The Balaban J connectivity index is 4.15. The van der Waals surface area contributed by atoms with Crippen molar-refractivity contribution in [3.05, 3.63) is 11.8 Å². The van der Waals surface area contributed by atoms with Crippen molar-refractivity contribution >= 4 is 0 Å². The molecule has 0 aliphatic heterocycles. The molecule has 0 fully saturated rings. The quantitative estimate of drug-likeness (QED) is 0.671. The Morgan fingerprint density at radius 3 is 2.17 bits per heavy atom. The Morgan fingerprint density at radius 2 is 1.83 bits per heavy atom. The summed E-state index contributed by atoms with van der Waals surface area (Å²) in [6.07, 6.45) is 5.51. The molecule has 0 aliphatic carbocycles. The molecule has 2 atom stereocenters. The predicted octanol–water partition coefficient (Wildman–Crippen LogP) is 3.31. The highest BCUT2D eigenvalue weighted by atomic mass is 14.5. The van der Waals surface area contributed by atoms with Gasteiger partial charge in [-0.2, -0.15) is 0 Å². The highest BCUT2D eigenvalue weighted by Gasteiger charge is 2.12. The zero-order chi connectivity index (χ0) is 9.56. The van der Waals surface area contributed by atoms with E-state index in [-0.39, 0.29) is 0 Å². The molecule has 1 nitrogen and oxygen atoms in total. The Kier molecular flexibility index (Phi) is 5.87. The third-order valence-corrected chi connectivity index (χ3v) is 2.66. The zero-order valence-corrected chi connectivity index (χ0v) is 8.93. The summed E-state index contributed by atoms with van der Waals surface area (Å²) < 4.78 is 0. The van der Waals surface area contributed by atoms with Gasteiger partial charge in [-0.25, -0.2) is 0 Å². The average Bonchev–Trinajstić information content (AvgIpc) is 2.06. The minimum atomic E-state index is 0.650. The van der Waals surface area contributed by atoms with E-state index in [2.05, 4.69) is 27.7 Å². The molecule has 12 heavy (non-hydrogen) atoms. The second kappa shape index (κ2) is 6.10. The van der Waals surface area contributed by atoms with E-state index in [1.165, 1.54) is 24.8 Å². The predicted molar refractivity (Wildman–Crippen MR) is 55.8 cm³/mol. The molecular weight excluding hydrogens is 146 g/mol. The highest BCUT2D eigenvalue weighted by Crippen LogP contribution is 2.24. The maximum absolute atomic E-state index is 5.62. The van der Waals surface area contributed by atoms with Crippen LogP contribution in [0.15, 0.2) is 11.8 Å². The molecule has 0 aliphatic rings. The van der Waals surface area contributed by atoms with Crippen LogP contribution in [0.4, 0.5) is 0 Å². The van der Waals surface area contributed by atoms with Gasteiger partial charge in [0, 0.05) is 0 Å². The standard InChI is InChI=1S/C11H23N/c1-5-7-10(4)11(8-12)9(3)6-2/h8-10H,5-7,12H2,1-4H3/b11-8-. The minimum Gasteiger partial charge on any atom is -0.405 e. The molecule has 0 radical (unpaired) electrons. The van der Waals surface area contributed by atoms with E-state index in [0.29, 0.717) is 11.8 Å². The lowest BCUT2D eigenvalue weighted by molar-refractivity contribution is 0.507. The van der Waals surface area contributed by atoms with Gasteiger partial charge < -0.3 is 5.73 Å². The van der Waals surface area contributed by atoms with E-state index in [4.69, 9.17) is 5.73 Å². The average molecular weight is 169 g/mol. The van der Waals surface area contributed by atoms with Crippen LogP contribution in [0.3, 0.4) is 0 Å². The lowest BCUT2D eigenvalue weighted by Gasteiger charge is -2.20. The number of allylic oxidation sites excluding steroid dienone is 1. The van der Waals surface area contributed by atoms with Crippen molar-refractivity contribution in [2.24, 2.45) is 17.6 Å². The molecule has 0 bridgehead atoms. The number of rotatable bonds is 5. The van der Waals surface area contributed by atoms with Gasteiger partial charge in [-0.05, 0) is 36.5 Å². The summed E-state index contributed by atoms with van der Waals surface area (Å²) in [5, 5.41) is 0. The van der Waals surface area contributed by atoms with Crippen LogP contribution in [0.2, 0.25) is 0 Å². The van der Waals surface area contributed by atoms with Crippen LogP contribution >= 0.6 is 0 Å². The first kappa shape index (κ1) is 11.5. The van der Waals surface area contributed by atoms with Gasteiger partial charge in [-0.3, -0.25) is 0 Å². The topological polar surface area (TPSA) is 26.0 Å². The molecule has 2 unspecified atom stereocenters. The summed E-state index contributed by atoms with van der Waals surface area (Å²) in [5.41, 5.74) is 7.05. The van der Waals surface area contributed by atoms with Crippen LogP contribution in [-0.4, -0.2) is 0 Å². The second-order valence-electron chi connectivity index (χ2n) is 3.67. The van der Waals surface area contributed by atoms with Gasteiger partial charge >= 0.3 is 0 Å². The van der Waals surface area contributed by atoms with E-state index >= 15 is 0 Å². The molecule has 0 saturated heterocycles. The Hall–Kier alpha value is -0.460. The molecule has 0 aromatic carbocycles. The summed E-state index contributed by atoms with van der Waals surface area (Å²) in [6.45, 7) is 8.97. The van der Waals surface area contributed by atoms with Crippen molar-refractivity contribution in [2.45, 2.75) is 47.0 Å². The van der Waals surface area contributed by atoms with Crippen LogP contribution < -0.4 is 5.73 Å². The molecule has 0 aromatic rings. The number of nitrogens with two attached hydrogens (primary N) is 1. The SMILES string of the molecule is CCCC(C)/C(=C\N)C(C)CC. The van der Waals surface area contributed by atoms with Gasteiger partial charge in [0.05, 0.1) is 0 Å². The fourth-order valence-electron chi connectivity index (χ4n) is 1.65. The van der Waals surface area contributed by atoms with E-state index in [0.717, 1.165) is 0 Å². The van der Waals surface area contributed by atoms with E-state index in [1.807, 2.05) is 6.20 Å². The second-order valence-corrected chi connectivity index (χ2v) is 3.67. The van der Waals surface area contributed by atoms with Gasteiger partial charge in [0.15, 0.2) is 0 Å². The summed E-state index contributed by atoms with van der Waals surface area (Å²) in [5.74, 6) is 1.31. The number of hydrogen-bond donors (Lipinski definition) is 1. The normalized spacial score (nSPS) is 17.5. The van der Waals surface area contributed by atoms with Crippen LogP contribution in [0.1, 0.15) is 47.0 Å². The van der Waals surface area contributed by atoms with E-state index in [9.17, 15) is 0 Å². The lowest BCUT2D eigenvalue weighted by atomic mass is 9.87. The molecule has 0 amide bonds. The largest absolute Gasteiger partial charge is 0.405 e. The monoisotopic (exact) mass is 169 g/mol. The molecule has 0 rings (SSSR count). The summed E-state index contributed by atoms with van der Waals surface area (Å²) >= 11 is 0. The van der Waals surface area contributed by atoms with Crippen LogP contribution in [0.25, 0.3) is 0 Å². The molecule has 0 spiro atoms. The maximum atomic E-state index is 5.62. The molecule has 72 valence electrons. The van der Waals surface area contributed by atoms with Crippen LogP contribution in [0, 0.1) is 11.8 Å². The maximum Gasteiger partial charge on any atom is -0.00650 e. The third-order valence-electron chi connectivity index (χ3n) is 2.66. The molecule has 0 aromatic heterocycles. The molecule has 1 heteroatoms. The van der Waals surface area contributed by atoms with Crippen molar-refractivity contribution in [3.8, 4) is 0 Å². The highest BCUT2D eigenvalue weighted by molar-refractivity contribution is 5.07. The Bertz CT molecular complexity index is 138. The van der Waals surface area contributed by atoms with Gasteiger partial charge in [0.1, 0.15) is 0 Å².